The van der Waals surface area contributed by atoms with Crippen LogP contribution in [-0.2, 0) is 12.4 Å². The molecule has 4 aromatic carbocycles. The molecule has 0 aliphatic heterocycles. The minimum atomic E-state index is -4.75. The zero-order chi connectivity index (χ0) is 29.9. The van der Waals surface area contributed by atoms with E-state index in [1.807, 2.05) is 0 Å². The van der Waals surface area contributed by atoms with E-state index in [0.29, 0.717) is 17.6 Å². The molecule has 0 spiro atoms. The number of rotatable bonds is 0. The van der Waals surface area contributed by atoms with Crippen LogP contribution in [0.5, 0.6) is 0 Å². The molecule has 0 saturated carbocycles. The summed E-state index contributed by atoms with van der Waals surface area (Å²) >= 11 is 0. The summed E-state index contributed by atoms with van der Waals surface area (Å²) in [5.74, 6) is 0. The van der Waals surface area contributed by atoms with Crippen molar-refractivity contribution in [2.45, 2.75) is 19.3 Å². The molecule has 0 radical (unpaired) electrons. The third-order valence-corrected chi connectivity index (χ3v) is 7.56. The van der Waals surface area contributed by atoms with Crippen molar-refractivity contribution in [1.82, 2.24) is 15.0 Å². The maximum atomic E-state index is 13.9. The van der Waals surface area contributed by atoms with Gasteiger partial charge in [0, 0.05) is 32.7 Å². The van der Waals surface area contributed by atoms with Crippen LogP contribution in [0.3, 0.4) is 0 Å². The van der Waals surface area contributed by atoms with Crippen LogP contribution >= 0.6 is 0 Å². The number of alkyl halides is 6. The molecule has 0 amide bonds. The summed E-state index contributed by atoms with van der Waals surface area (Å²) in [4.78, 5) is 50.6. The number of hydrogen-bond acceptors (Lipinski definition) is 3. The average molecular weight is 579 g/mol. The van der Waals surface area contributed by atoms with Gasteiger partial charge < -0.3 is 15.0 Å². The molecule has 0 bridgehead atoms. The number of halogens is 6. The van der Waals surface area contributed by atoms with E-state index in [9.17, 15) is 40.7 Å². The third-order valence-electron chi connectivity index (χ3n) is 7.56. The highest BCUT2D eigenvalue weighted by molar-refractivity contribution is 6.25. The maximum absolute atomic E-state index is 13.9. The SMILES string of the molecule is Cc1ccc2[nH]c3c(c(=O)c2c1)c1[nH]c2ccc(C(F)(F)F)cc2c(=O)c1c1[nH]c2ccc(C(F)(F)F)cc2c(=O)c31. The molecule has 0 atom stereocenters. The van der Waals surface area contributed by atoms with E-state index in [-0.39, 0.29) is 59.9 Å². The van der Waals surface area contributed by atoms with Gasteiger partial charge in [-0.1, -0.05) is 11.6 Å². The summed E-state index contributed by atoms with van der Waals surface area (Å²) in [6, 6.07) is 9.95. The summed E-state index contributed by atoms with van der Waals surface area (Å²) in [6.45, 7) is 1.75. The van der Waals surface area contributed by atoms with E-state index in [4.69, 9.17) is 0 Å². The van der Waals surface area contributed by atoms with Gasteiger partial charge in [-0.15, -0.1) is 0 Å². The van der Waals surface area contributed by atoms with Crippen LogP contribution in [0, 0.1) is 6.92 Å². The van der Waals surface area contributed by atoms with Crippen molar-refractivity contribution < 1.29 is 26.3 Å². The van der Waals surface area contributed by atoms with Crippen molar-refractivity contribution in [3.63, 3.8) is 0 Å². The minimum absolute atomic E-state index is 0.0165. The molecule has 3 heterocycles. The largest absolute Gasteiger partial charge is 0.416 e. The van der Waals surface area contributed by atoms with Crippen LogP contribution in [-0.4, -0.2) is 15.0 Å². The molecule has 210 valence electrons. The van der Waals surface area contributed by atoms with Crippen molar-refractivity contribution in [1.29, 1.82) is 0 Å². The Labute approximate surface area is 228 Å². The standard InChI is InChI=1S/C30H15F6N3O3/c1-11-2-5-17-14(8-11)26(40)20-23(37-17)21-25(39-19-7-4-13(30(34,35)36)10-16(19)27(21)41)22-24(20)38-18-6-3-12(29(31,32)33)9-15(18)28(22)42/h2-10H,1H3,(H,37,40)(H,38,42)(H,39,41). The topological polar surface area (TPSA) is 98.6 Å². The summed E-state index contributed by atoms with van der Waals surface area (Å²) in [5, 5.41) is -1.17. The minimum Gasteiger partial charge on any atom is -0.354 e. The second-order valence-corrected chi connectivity index (χ2v) is 10.2. The van der Waals surface area contributed by atoms with Crippen molar-refractivity contribution in [2.75, 3.05) is 0 Å². The van der Waals surface area contributed by atoms with Crippen LogP contribution in [0.15, 0.2) is 69.0 Å². The lowest BCUT2D eigenvalue weighted by Crippen LogP contribution is -2.16. The van der Waals surface area contributed by atoms with E-state index < -0.39 is 39.8 Å². The Balaban J connectivity index is 1.80. The summed E-state index contributed by atoms with van der Waals surface area (Å²) in [6.07, 6.45) is -9.51. The number of H-pyrrole nitrogens is 3. The van der Waals surface area contributed by atoms with Gasteiger partial charge in [-0.3, -0.25) is 14.4 Å². The highest BCUT2D eigenvalue weighted by Gasteiger charge is 2.32. The first-order chi connectivity index (χ1) is 19.7. The Morgan fingerprint density at radius 1 is 0.500 bits per heavy atom. The van der Waals surface area contributed by atoms with Gasteiger partial charge in [0.05, 0.1) is 43.8 Å². The van der Waals surface area contributed by atoms with Crippen molar-refractivity contribution in [2.24, 2.45) is 0 Å². The monoisotopic (exact) mass is 579 g/mol. The molecule has 0 aliphatic rings. The van der Waals surface area contributed by atoms with E-state index in [0.717, 1.165) is 29.8 Å². The van der Waals surface area contributed by atoms with Crippen LogP contribution in [0.4, 0.5) is 26.3 Å². The quantitative estimate of drug-likeness (QED) is 0.102. The Bertz CT molecular complexity index is 2450. The van der Waals surface area contributed by atoms with Gasteiger partial charge >= 0.3 is 12.4 Å². The first-order valence-electron chi connectivity index (χ1n) is 12.5. The van der Waals surface area contributed by atoms with Gasteiger partial charge in [0.25, 0.3) is 0 Å². The predicted octanol–water partition coefficient (Wildman–Crippen LogP) is 7.02. The zero-order valence-electron chi connectivity index (χ0n) is 21.2. The number of aryl methyl sites for hydroxylation is 1. The molecular formula is C30H15F6N3O3. The number of benzene rings is 4. The predicted molar refractivity (Wildman–Crippen MR) is 148 cm³/mol. The number of fused-ring (bicyclic) bond motifs is 9. The molecule has 7 rings (SSSR count). The fraction of sp³-hybridized carbons (Fsp3) is 0.100. The van der Waals surface area contributed by atoms with E-state index >= 15 is 0 Å². The molecule has 42 heavy (non-hydrogen) atoms. The molecule has 0 unspecified atom stereocenters. The van der Waals surface area contributed by atoms with Crippen LogP contribution < -0.4 is 16.3 Å². The van der Waals surface area contributed by atoms with Gasteiger partial charge in [-0.25, -0.2) is 0 Å². The average Bonchev–Trinajstić information content (AvgIpc) is 2.92. The highest BCUT2D eigenvalue weighted by Crippen LogP contribution is 2.35. The van der Waals surface area contributed by atoms with E-state index in [1.165, 1.54) is 0 Å². The normalized spacial score (nSPS) is 12.9. The molecule has 7 aromatic rings. The van der Waals surface area contributed by atoms with Gasteiger partial charge in [-0.2, -0.15) is 26.3 Å². The van der Waals surface area contributed by atoms with Gasteiger partial charge in [0.1, 0.15) is 0 Å². The first kappa shape index (κ1) is 25.8. The molecule has 0 fully saturated rings. The van der Waals surface area contributed by atoms with E-state index in [2.05, 4.69) is 15.0 Å². The lowest BCUT2D eigenvalue weighted by atomic mass is 9.97. The fourth-order valence-electron chi connectivity index (χ4n) is 5.60. The van der Waals surface area contributed by atoms with E-state index in [1.54, 1.807) is 25.1 Å². The second-order valence-electron chi connectivity index (χ2n) is 10.2. The molecular weight excluding hydrogens is 564 g/mol. The smallest absolute Gasteiger partial charge is 0.354 e. The Kier molecular flexibility index (Phi) is 5.05. The van der Waals surface area contributed by atoms with Crippen molar-refractivity contribution in [3.05, 3.63) is 102 Å². The Hall–Kier alpha value is -5.13. The lowest BCUT2D eigenvalue weighted by Gasteiger charge is -2.14. The van der Waals surface area contributed by atoms with Gasteiger partial charge in [0.2, 0.25) is 0 Å². The Morgan fingerprint density at radius 2 is 0.833 bits per heavy atom. The summed E-state index contributed by atoms with van der Waals surface area (Å²) < 4.78 is 81.1. The van der Waals surface area contributed by atoms with Crippen molar-refractivity contribution in [3.8, 4) is 0 Å². The lowest BCUT2D eigenvalue weighted by molar-refractivity contribution is -0.138. The Morgan fingerprint density at radius 3 is 1.19 bits per heavy atom. The highest BCUT2D eigenvalue weighted by atomic mass is 19.4. The zero-order valence-corrected chi connectivity index (χ0v) is 21.2. The van der Waals surface area contributed by atoms with Gasteiger partial charge in [0.15, 0.2) is 16.3 Å². The molecule has 12 heteroatoms. The molecule has 3 aromatic heterocycles. The first-order valence-corrected chi connectivity index (χ1v) is 12.5. The van der Waals surface area contributed by atoms with Gasteiger partial charge in [-0.05, 0) is 55.5 Å². The van der Waals surface area contributed by atoms with Crippen LogP contribution in [0.25, 0.3) is 65.4 Å². The number of aromatic nitrogens is 3. The number of aromatic amines is 3. The fourth-order valence-corrected chi connectivity index (χ4v) is 5.60. The second kappa shape index (κ2) is 8.21. The summed E-state index contributed by atoms with van der Waals surface area (Å²) in [5.41, 5.74) is -3.72. The third kappa shape index (κ3) is 3.57. The molecule has 0 saturated heterocycles. The van der Waals surface area contributed by atoms with Crippen LogP contribution in [0.2, 0.25) is 0 Å². The number of pyridine rings is 3. The molecule has 0 aliphatic carbocycles. The van der Waals surface area contributed by atoms with Crippen molar-refractivity contribution >= 4 is 65.4 Å². The van der Waals surface area contributed by atoms with Crippen LogP contribution in [0.1, 0.15) is 16.7 Å². The number of nitrogens with one attached hydrogen (secondary N) is 3. The number of hydrogen-bond donors (Lipinski definition) is 3. The molecule has 6 nitrogen and oxygen atoms in total. The summed E-state index contributed by atoms with van der Waals surface area (Å²) in [7, 11) is 0. The molecule has 3 N–H and O–H groups in total. The maximum Gasteiger partial charge on any atom is 0.416 e.